The molecule has 0 spiro atoms. The van der Waals surface area contributed by atoms with Gasteiger partial charge in [-0.1, -0.05) is 0 Å². The first-order valence-corrected chi connectivity index (χ1v) is 13.6. The van der Waals surface area contributed by atoms with Crippen LogP contribution in [0.2, 0.25) is 0 Å². The van der Waals surface area contributed by atoms with Gasteiger partial charge in [-0.15, -0.1) is 0 Å². The predicted molar refractivity (Wildman–Crippen MR) is 134 cm³/mol. The Hall–Kier alpha value is -4.19. The first-order valence-electron chi connectivity index (χ1n) is 12.1. The SMILES string of the molecule is CC(=O)OC[C@@H](OC(C)=O)[C@@H](OC(C)=O)[C@H](OC(C)=O)c1cnc(C[C@H]([C@@H](COC(C)=O)OC(C)=O)S(=O)(=O)[O-])cn1. The Morgan fingerprint density at radius 3 is 1.57 bits per heavy atom. The maximum atomic E-state index is 12.0. The van der Waals surface area contributed by atoms with E-state index in [-0.39, 0.29) is 11.4 Å². The molecule has 1 aromatic heterocycles. The van der Waals surface area contributed by atoms with E-state index in [0.717, 1.165) is 53.9 Å². The molecule has 0 unspecified atom stereocenters. The van der Waals surface area contributed by atoms with Crippen LogP contribution in [-0.2, 0) is 73.7 Å². The number of hydrogen-bond donors (Lipinski definition) is 0. The van der Waals surface area contributed by atoms with E-state index in [4.69, 9.17) is 28.4 Å². The van der Waals surface area contributed by atoms with Crippen LogP contribution in [0.4, 0.5) is 0 Å². The van der Waals surface area contributed by atoms with Gasteiger partial charge >= 0.3 is 35.8 Å². The van der Waals surface area contributed by atoms with E-state index < -0.39 is 95.2 Å². The van der Waals surface area contributed by atoms with Crippen molar-refractivity contribution < 1.29 is 70.2 Å². The van der Waals surface area contributed by atoms with Gasteiger partial charge in [-0.3, -0.25) is 38.7 Å². The molecule has 0 radical (unpaired) electrons. The van der Waals surface area contributed by atoms with Crippen molar-refractivity contribution in [3.63, 3.8) is 0 Å². The first-order chi connectivity index (χ1) is 19.4. The maximum absolute atomic E-state index is 12.0. The smallest absolute Gasteiger partial charge is 0.303 e. The van der Waals surface area contributed by atoms with Gasteiger partial charge in [0.05, 0.1) is 17.1 Å². The number of nitrogens with zero attached hydrogens (tertiary/aromatic N) is 2. The van der Waals surface area contributed by atoms with Gasteiger partial charge in [0.1, 0.15) is 29.0 Å². The standard InChI is InChI=1S/C24H32N2O15S/c1-12(27)36-10-20(38-14(3)29)22(42(33,34)35)7-18-8-26-19(9-25-18)23(40-16(5)31)24(41-17(6)32)21(39-15(4)30)11-37-13(2)28/h8-9,20-24H,7,10-11H2,1-6H3,(H,33,34,35)/p-1/t20-,21-,22-,23-,24-/m1/s1. The molecule has 0 aliphatic heterocycles. The normalized spacial score (nSPS) is 14.6. The van der Waals surface area contributed by atoms with Gasteiger partial charge in [-0.25, -0.2) is 8.42 Å². The molecular formula is C24H31N2O15S-. The summed E-state index contributed by atoms with van der Waals surface area (Å²) in [6.07, 6.45) is -4.97. The Balaban J connectivity index is 3.50. The second kappa shape index (κ2) is 16.3. The van der Waals surface area contributed by atoms with Gasteiger partial charge in [0.15, 0.2) is 24.4 Å². The second-order valence-corrected chi connectivity index (χ2v) is 10.3. The van der Waals surface area contributed by atoms with Crippen LogP contribution in [0, 0.1) is 0 Å². The summed E-state index contributed by atoms with van der Waals surface area (Å²) < 4.78 is 66.4. The predicted octanol–water partition coefficient (Wildman–Crippen LogP) is -0.542. The zero-order valence-corrected chi connectivity index (χ0v) is 24.4. The topological polar surface area (TPSA) is 241 Å². The minimum atomic E-state index is -5.16. The lowest BCUT2D eigenvalue weighted by Crippen LogP contribution is -2.44. The van der Waals surface area contributed by atoms with Crippen molar-refractivity contribution in [2.24, 2.45) is 0 Å². The first kappa shape index (κ1) is 35.8. The molecule has 42 heavy (non-hydrogen) atoms. The number of rotatable bonds is 15. The molecule has 0 aliphatic rings. The van der Waals surface area contributed by atoms with Crippen LogP contribution in [-0.4, -0.2) is 95.5 Å². The van der Waals surface area contributed by atoms with Crippen molar-refractivity contribution in [2.75, 3.05) is 13.2 Å². The fraction of sp³-hybridized carbons (Fsp3) is 0.583. The molecule has 0 N–H and O–H groups in total. The highest BCUT2D eigenvalue weighted by molar-refractivity contribution is 7.86. The van der Waals surface area contributed by atoms with Gasteiger partial charge in [-0.2, -0.15) is 0 Å². The second-order valence-electron chi connectivity index (χ2n) is 8.67. The highest BCUT2D eigenvalue weighted by Crippen LogP contribution is 2.27. The third kappa shape index (κ3) is 13.0. The van der Waals surface area contributed by atoms with Gasteiger partial charge in [0.25, 0.3) is 0 Å². The lowest BCUT2D eigenvalue weighted by atomic mass is 10.0. The lowest BCUT2D eigenvalue weighted by molar-refractivity contribution is -0.190. The van der Waals surface area contributed by atoms with Crippen LogP contribution < -0.4 is 0 Å². The van der Waals surface area contributed by atoms with Gasteiger partial charge in [0.2, 0.25) is 0 Å². The molecular weight excluding hydrogens is 588 g/mol. The minimum Gasteiger partial charge on any atom is -0.748 e. The molecule has 17 nitrogen and oxygen atoms in total. The highest BCUT2D eigenvalue weighted by Gasteiger charge is 2.40. The summed E-state index contributed by atoms with van der Waals surface area (Å²) in [6.45, 7) is 4.81. The number of ether oxygens (including phenoxy) is 6. The Labute approximate surface area is 240 Å². The molecule has 1 heterocycles. The molecule has 0 aromatic carbocycles. The van der Waals surface area contributed by atoms with Crippen LogP contribution in [0.3, 0.4) is 0 Å². The van der Waals surface area contributed by atoms with Gasteiger partial charge in [-0.05, 0) is 0 Å². The van der Waals surface area contributed by atoms with Gasteiger partial charge < -0.3 is 33.0 Å². The molecule has 0 saturated heterocycles. The molecule has 0 bridgehead atoms. The Kier molecular flexibility index (Phi) is 13.9. The summed E-state index contributed by atoms with van der Waals surface area (Å²) in [5.41, 5.74) is -0.302. The third-order valence-electron chi connectivity index (χ3n) is 5.01. The van der Waals surface area contributed by atoms with Crippen LogP contribution >= 0.6 is 0 Å². The molecule has 5 atom stereocenters. The zero-order chi connectivity index (χ0) is 32.2. The van der Waals surface area contributed by atoms with E-state index in [1.807, 2.05) is 0 Å². The summed E-state index contributed by atoms with van der Waals surface area (Å²) in [6, 6.07) is 0. The number of hydrogen-bond acceptors (Lipinski definition) is 17. The average molecular weight is 620 g/mol. The quantitative estimate of drug-likeness (QED) is 0.136. The van der Waals surface area contributed by atoms with E-state index in [1.54, 1.807) is 0 Å². The van der Waals surface area contributed by atoms with E-state index in [0.29, 0.717) is 0 Å². The molecule has 0 fully saturated rings. The highest BCUT2D eigenvalue weighted by atomic mass is 32.2. The summed E-state index contributed by atoms with van der Waals surface area (Å²) in [5.74, 6) is -5.16. The summed E-state index contributed by atoms with van der Waals surface area (Å²) in [7, 11) is -5.16. The fourth-order valence-corrected chi connectivity index (χ4v) is 4.36. The van der Waals surface area contributed by atoms with Crippen LogP contribution in [0.5, 0.6) is 0 Å². The number of carbonyl (C=O) groups excluding carboxylic acids is 6. The molecule has 18 heteroatoms. The van der Waals surface area contributed by atoms with Gasteiger partial charge in [0, 0.05) is 54.2 Å². The monoisotopic (exact) mass is 619 g/mol. The van der Waals surface area contributed by atoms with Crippen LogP contribution in [0.1, 0.15) is 59.0 Å². The van der Waals surface area contributed by atoms with Crippen LogP contribution in [0.15, 0.2) is 12.4 Å². The zero-order valence-electron chi connectivity index (χ0n) is 23.6. The van der Waals surface area contributed by atoms with Crippen molar-refractivity contribution in [2.45, 2.75) is 77.6 Å². The molecule has 234 valence electrons. The van der Waals surface area contributed by atoms with Crippen molar-refractivity contribution >= 4 is 45.9 Å². The summed E-state index contributed by atoms with van der Waals surface area (Å²) in [5, 5.41) is -1.95. The summed E-state index contributed by atoms with van der Waals surface area (Å²) in [4.78, 5) is 77.8. The van der Waals surface area contributed by atoms with E-state index >= 15 is 0 Å². The maximum Gasteiger partial charge on any atom is 0.303 e. The largest absolute Gasteiger partial charge is 0.748 e. The minimum absolute atomic E-state index is 0.120. The Morgan fingerprint density at radius 2 is 1.17 bits per heavy atom. The molecule has 0 aliphatic carbocycles. The average Bonchev–Trinajstić information content (AvgIpc) is 2.84. The Bertz CT molecular complexity index is 1250. The third-order valence-corrected chi connectivity index (χ3v) is 6.22. The number of carbonyl (C=O) groups is 6. The van der Waals surface area contributed by atoms with Crippen molar-refractivity contribution in [3.8, 4) is 0 Å². The molecule has 1 aromatic rings. The number of esters is 6. The fourth-order valence-electron chi connectivity index (χ4n) is 3.48. The molecule has 0 amide bonds. The lowest BCUT2D eigenvalue weighted by Gasteiger charge is -2.31. The summed E-state index contributed by atoms with van der Waals surface area (Å²) >= 11 is 0. The van der Waals surface area contributed by atoms with Crippen molar-refractivity contribution in [3.05, 3.63) is 23.8 Å². The molecule has 0 saturated carbocycles. The molecule has 1 rings (SSSR count). The Morgan fingerprint density at radius 1 is 0.690 bits per heavy atom. The van der Waals surface area contributed by atoms with E-state index in [2.05, 4.69) is 9.97 Å². The van der Waals surface area contributed by atoms with Crippen LogP contribution in [0.25, 0.3) is 0 Å². The number of aromatic nitrogens is 2. The van der Waals surface area contributed by atoms with Crippen molar-refractivity contribution in [1.29, 1.82) is 0 Å². The van der Waals surface area contributed by atoms with E-state index in [9.17, 15) is 41.7 Å². The van der Waals surface area contributed by atoms with E-state index in [1.165, 1.54) is 0 Å². The van der Waals surface area contributed by atoms with Crippen molar-refractivity contribution in [1.82, 2.24) is 9.97 Å².